The van der Waals surface area contributed by atoms with Crippen molar-refractivity contribution >= 4 is 10.0 Å². The van der Waals surface area contributed by atoms with Gasteiger partial charge >= 0.3 is 0 Å². The Hall–Kier alpha value is -0.130. The molecule has 16 heavy (non-hydrogen) atoms. The summed E-state index contributed by atoms with van der Waals surface area (Å²) in [6.07, 6.45) is 5.24. The summed E-state index contributed by atoms with van der Waals surface area (Å²) in [6.45, 7) is 2.62. The van der Waals surface area contributed by atoms with E-state index in [0.29, 0.717) is 19.5 Å². The average Bonchev–Trinajstić information content (AvgIpc) is 2.67. The maximum Gasteiger partial charge on any atom is 0.217 e. The van der Waals surface area contributed by atoms with Crippen LogP contribution in [0.15, 0.2) is 0 Å². The highest BCUT2D eigenvalue weighted by atomic mass is 32.2. The molecule has 1 aliphatic heterocycles. The molecule has 1 aliphatic carbocycles. The molecule has 2 aliphatic rings. The van der Waals surface area contributed by atoms with Crippen LogP contribution in [0.1, 0.15) is 45.4 Å². The highest BCUT2D eigenvalue weighted by Gasteiger charge is 2.48. The molecule has 1 saturated heterocycles. The molecule has 0 unspecified atom stereocenters. The topological polar surface area (TPSA) is 57.6 Å². The minimum absolute atomic E-state index is 0.182. The minimum Gasteiger partial charge on any atom is -0.387 e. The molecule has 0 bridgehead atoms. The normalized spacial score (nSPS) is 26.9. The van der Waals surface area contributed by atoms with Crippen molar-refractivity contribution in [2.75, 3.05) is 13.1 Å². The van der Waals surface area contributed by atoms with E-state index < -0.39 is 15.6 Å². The Kier molecular flexibility index (Phi) is 3.29. The first-order valence-electron chi connectivity index (χ1n) is 6.19. The lowest BCUT2D eigenvalue weighted by Gasteiger charge is -2.46. The first kappa shape index (κ1) is 12.3. The molecule has 0 aromatic rings. The van der Waals surface area contributed by atoms with Crippen LogP contribution in [0.5, 0.6) is 0 Å². The lowest BCUT2D eigenvalue weighted by Crippen LogP contribution is -2.64. The molecule has 0 spiro atoms. The highest BCUT2D eigenvalue weighted by Crippen LogP contribution is 2.34. The smallest absolute Gasteiger partial charge is 0.217 e. The zero-order valence-corrected chi connectivity index (χ0v) is 10.7. The second kappa shape index (κ2) is 4.27. The molecule has 1 heterocycles. The maximum absolute atomic E-state index is 12.1. The third-order valence-corrected chi connectivity index (χ3v) is 6.03. The van der Waals surface area contributed by atoms with E-state index >= 15 is 0 Å². The molecule has 94 valence electrons. The van der Waals surface area contributed by atoms with E-state index in [9.17, 15) is 13.5 Å². The number of sulfonamides is 1. The second-order valence-corrected chi connectivity index (χ2v) is 7.41. The fourth-order valence-corrected chi connectivity index (χ4v) is 5.00. The Bertz CT molecular complexity index is 340. The van der Waals surface area contributed by atoms with E-state index in [1.165, 1.54) is 4.31 Å². The fraction of sp³-hybridized carbons (Fsp3) is 1.00. The van der Waals surface area contributed by atoms with E-state index in [-0.39, 0.29) is 5.25 Å². The molecule has 0 amide bonds. The minimum atomic E-state index is -3.12. The molecule has 4 nitrogen and oxygen atoms in total. The van der Waals surface area contributed by atoms with Crippen molar-refractivity contribution < 1.29 is 13.5 Å². The molecule has 1 saturated carbocycles. The van der Waals surface area contributed by atoms with Crippen molar-refractivity contribution in [2.45, 2.75) is 56.3 Å². The van der Waals surface area contributed by atoms with Gasteiger partial charge in [-0.25, -0.2) is 8.42 Å². The van der Waals surface area contributed by atoms with Crippen LogP contribution in [0.4, 0.5) is 0 Å². The first-order valence-corrected chi connectivity index (χ1v) is 7.70. The quantitative estimate of drug-likeness (QED) is 0.809. The van der Waals surface area contributed by atoms with Gasteiger partial charge in [-0.15, -0.1) is 0 Å². The van der Waals surface area contributed by atoms with E-state index in [0.717, 1.165) is 32.1 Å². The van der Waals surface area contributed by atoms with Gasteiger partial charge in [0.15, 0.2) is 0 Å². The number of nitrogens with zero attached hydrogens (tertiary/aromatic N) is 1. The summed E-state index contributed by atoms with van der Waals surface area (Å²) < 4.78 is 25.7. The summed E-state index contributed by atoms with van der Waals surface area (Å²) >= 11 is 0. The Morgan fingerprint density at radius 2 is 1.88 bits per heavy atom. The van der Waals surface area contributed by atoms with E-state index in [1.807, 2.05) is 6.92 Å². The van der Waals surface area contributed by atoms with Gasteiger partial charge < -0.3 is 5.11 Å². The molecule has 0 radical (unpaired) electrons. The van der Waals surface area contributed by atoms with Crippen molar-refractivity contribution in [3.05, 3.63) is 0 Å². The van der Waals surface area contributed by atoms with Gasteiger partial charge in [0.2, 0.25) is 10.0 Å². The molecular weight excluding hydrogens is 226 g/mol. The molecule has 5 heteroatoms. The van der Waals surface area contributed by atoms with Crippen LogP contribution in [0, 0.1) is 0 Å². The lowest BCUT2D eigenvalue weighted by atomic mass is 9.92. The van der Waals surface area contributed by atoms with Crippen molar-refractivity contribution in [1.29, 1.82) is 0 Å². The van der Waals surface area contributed by atoms with Gasteiger partial charge in [-0.3, -0.25) is 0 Å². The average molecular weight is 247 g/mol. The van der Waals surface area contributed by atoms with Gasteiger partial charge in [-0.1, -0.05) is 26.2 Å². The fourth-order valence-electron chi connectivity index (χ4n) is 2.81. The molecule has 2 rings (SSSR count). The van der Waals surface area contributed by atoms with Gasteiger partial charge in [0.05, 0.1) is 10.9 Å². The maximum atomic E-state index is 12.1. The number of hydrogen-bond acceptors (Lipinski definition) is 3. The third-order valence-electron chi connectivity index (χ3n) is 3.74. The molecule has 1 N–H and O–H groups in total. The van der Waals surface area contributed by atoms with Crippen molar-refractivity contribution in [3.63, 3.8) is 0 Å². The molecule has 0 atom stereocenters. The summed E-state index contributed by atoms with van der Waals surface area (Å²) in [5, 5.41) is 9.80. The number of aliphatic hydroxyl groups is 1. The Labute approximate surface area is 97.7 Å². The van der Waals surface area contributed by atoms with Crippen molar-refractivity contribution in [3.8, 4) is 0 Å². The Morgan fingerprint density at radius 3 is 2.38 bits per heavy atom. The van der Waals surface area contributed by atoms with Crippen molar-refractivity contribution in [2.24, 2.45) is 0 Å². The van der Waals surface area contributed by atoms with Crippen LogP contribution in [-0.2, 0) is 10.0 Å². The third kappa shape index (κ3) is 2.13. The van der Waals surface area contributed by atoms with Gasteiger partial charge in [0, 0.05) is 13.1 Å². The van der Waals surface area contributed by atoms with Gasteiger partial charge in [0.1, 0.15) is 0 Å². The van der Waals surface area contributed by atoms with E-state index in [1.54, 1.807) is 0 Å². The number of rotatable bonds is 4. The highest BCUT2D eigenvalue weighted by molar-refractivity contribution is 7.89. The summed E-state index contributed by atoms with van der Waals surface area (Å²) in [7, 11) is -3.12. The van der Waals surface area contributed by atoms with Crippen LogP contribution in [0.2, 0.25) is 0 Å². The van der Waals surface area contributed by atoms with Crippen molar-refractivity contribution in [1.82, 2.24) is 4.31 Å². The number of β-amino-alcohol motifs (C(OH)–C–C–N with tert-alkyl or cyclic N) is 1. The predicted molar refractivity (Wildman–Crippen MR) is 62.6 cm³/mol. The molecular formula is C11H21NO3S. The Morgan fingerprint density at radius 1 is 1.31 bits per heavy atom. The van der Waals surface area contributed by atoms with Gasteiger partial charge in [-0.2, -0.15) is 4.31 Å². The summed E-state index contributed by atoms with van der Waals surface area (Å²) in [5.74, 6) is 0. The lowest BCUT2D eigenvalue weighted by molar-refractivity contribution is -0.0656. The second-order valence-electron chi connectivity index (χ2n) is 5.19. The van der Waals surface area contributed by atoms with Crippen LogP contribution in [0.3, 0.4) is 0 Å². The zero-order valence-electron chi connectivity index (χ0n) is 9.85. The van der Waals surface area contributed by atoms with Gasteiger partial charge in [0.25, 0.3) is 0 Å². The van der Waals surface area contributed by atoms with E-state index in [4.69, 9.17) is 0 Å². The van der Waals surface area contributed by atoms with Crippen LogP contribution in [-0.4, -0.2) is 41.8 Å². The SMILES string of the molecule is CCCC1(O)CN(S(=O)(=O)C2CCCC2)C1. The Balaban J connectivity index is 1.95. The molecule has 0 aromatic carbocycles. The monoisotopic (exact) mass is 247 g/mol. The largest absolute Gasteiger partial charge is 0.387 e. The van der Waals surface area contributed by atoms with E-state index in [2.05, 4.69) is 0 Å². The van der Waals surface area contributed by atoms with Crippen LogP contribution >= 0.6 is 0 Å². The zero-order chi connectivity index (χ0) is 11.8. The molecule has 2 fully saturated rings. The first-order chi connectivity index (χ1) is 7.48. The van der Waals surface area contributed by atoms with Crippen LogP contribution in [0.25, 0.3) is 0 Å². The predicted octanol–water partition coefficient (Wildman–Crippen LogP) is 1.11. The van der Waals surface area contributed by atoms with Gasteiger partial charge in [-0.05, 0) is 19.3 Å². The summed E-state index contributed by atoms with van der Waals surface area (Å²) in [4.78, 5) is 0. The standard InChI is InChI=1S/C11H21NO3S/c1-2-7-11(13)8-12(9-11)16(14,15)10-5-3-4-6-10/h10,13H,2-9H2,1H3. The summed E-state index contributed by atoms with van der Waals surface area (Å²) in [6, 6.07) is 0. The summed E-state index contributed by atoms with van der Waals surface area (Å²) in [5.41, 5.74) is -0.750. The van der Waals surface area contributed by atoms with Crippen LogP contribution < -0.4 is 0 Å². The number of hydrogen-bond donors (Lipinski definition) is 1. The molecule has 0 aromatic heterocycles.